The van der Waals surface area contributed by atoms with Gasteiger partial charge < -0.3 is 14.7 Å². The Bertz CT molecular complexity index is 931. The second-order valence-corrected chi connectivity index (χ2v) is 9.89. The minimum atomic E-state index is -3.80. The van der Waals surface area contributed by atoms with Crippen LogP contribution in [-0.4, -0.2) is 68.7 Å². The van der Waals surface area contributed by atoms with E-state index in [1.165, 1.54) is 4.31 Å². The number of hydrogen-bond acceptors (Lipinski definition) is 5. The Morgan fingerprint density at radius 1 is 1.17 bits per heavy atom. The van der Waals surface area contributed by atoms with E-state index in [0.717, 1.165) is 11.1 Å². The van der Waals surface area contributed by atoms with Crippen LogP contribution in [0, 0.1) is 5.92 Å². The van der Waals surface area contributed by atoms with E-state index in [1.54, 1.807) is 13.0 Å². The maximum Gasteiger partial charge on any atom is 0.247 e. The highest BCUT2D eigenvalue weighted by atomic mass is 32.2. The summed E-state index contributed by atoms with van der Waals surface area (Å²) in [6.45, 7) is 4.45. The van der Waals surface area contributed by atoms with E-state index in [-0.39, 0.29) is 23.5 Å². The molecule has 0 fully saturated rings. The molecule has 2 aromatic rings. The van der Waals surface area contributed by atoms with Crippen molar-refractivity contribution in [2.45, 2.75) is 30.9 Å². The minimum Gasteiger partial charge on any atom is -0.487 e. The monoisotopic (exact) mass is 418 g/mol. The number of nitrogens with zero attached hydrogens (tertiary/aromatic N) is 2. The number of hydrogen-bond donors (Lipinski definition) is 1. The van der Waals surface area contributed by atoms with Crippen LogP contribution in [0.2, 0.25) is 0 Å². The summed E-state index contributed by atoms with van der Waals surface area (Å²) in [5.74, 6) is 0.314. The van der Waals surface area contributed by atoms with Crippen LogP contribution in [0.25, 0.3) is 11.1 Å². The molecular formula is C22H30N2O4S. The normalized spacial score (nSPS) is 23.0. The van der Waals surface area contributed by atoms with Crippen LogP contribution < -0.4 is 4.74 Å². The summed E-state index contributed by atoms with van der Waals surface area (Å²) < 4.78 is 34.6. The molecular weight excluding hydrogens is 388 g/mol. The number of sulfonamides is 1. The molecule has 0 aromatic heterocycles. The lowest BCUT2D eigenvalue weighted by molar-refractivity contribution is 0.0813. The Hall–Kier alpha value is -1.93. The molecule has 2 aromatic carbocycles. The van der Waals surface area contributed by atoms with Crippen molar-refractivity contribution in [3.63, 3.8) is 0 Å². The maximum absolute atomic E-state index is 13.4. The van der Waals surface area contributed by atoms with Gasteiger partial charge in [0.2, 0.25) is 10.0 Å². The number of likely N-dealkylation sites (N-methyl/N-ethyl adjacent to an activating group) is 1. The molecule has 0 saturated heterocycles. The standard InChI is InChI=1S/C22H30N2O4S/c1-16-13-24(17(2)15-25)29(26,27)22-11-10-19(18-8-6-5-7-9-18)12-20(22)28-21(16)14-23(3)4/h5-12,16-17,21,25H,13-15H2,1-4H3/t16-,17-,21-/m1/s1. The van der Waals surface area contributed by atoms with Gasteiger partial charge in [-0.05, 0) is 44.3 Å². The fraction of sp³-hybridized carbons (Fsp3) is 0.455. The first-order valence-corrected chi connectivity index (χ1v) is 11.3. The van der Waals surface area contributed by atoms with E-state index >= 15 is 0 Å². The Morgan fingerprint density at radius 3 is 2.48 bits per heavy atom. The van der Waals surface area contributed by atoms with Crippen molar-refractivity contribution < 1.29 is 18.3 Å². The van der Waals surface area contributed by atoms with E-state index in [2.05, 4.69) is 0 Å². The third-order valence-electron chi connectivity index (χ3n) is 5.32. The van der Waals surface area contributed by atoms with Gasteiger partial charge >= 0.3 is 0 Å². The van der Waals surface area contributed by atoms with Crippen molar-refractivity contribution in [3.8, 4) is 16.9 Å². The first-order chi connectivity index (χ1) is 13.7. The fourth-order valence-corrected chi connectivity index (χ4v) is 5.44. The highest BCUT2D eigenvalue weighted by Gasteiger charge is 2.37. The predicted molar refractivity (Wildman–Crippen MR) is 114 cm³/mol. The van der Waals surface area contributed by atoms with Gasteiger partial charge in [-0.1, -0.05) is 43.3 Å². The second-order valence-electron chi connectivity index (χ2n) is 8.03. The highest BCUT2D eigenvalue weighted by molar-refractivity contribution is 7.89. The summed E-state index contributed by atoms with van der Waals surface area (Å²) in [7, 11) is 0.143. The number of aliphatic hydroxyl groups is 1. The van der Waals surface area contributed by atoms with E-state index in [9.17, 15) is 13.5 Å². The zero-order valence-electron chi connectivity index (χ0n) is 17.4. The summed E-state index contributed by atoms with van der Waals surface area (Å²) >= 11 is 0. The Labute approximate surface area is 173 Å². The van der Waals surface area contributed by atoms with Crippen LogP contribution in [0.4, 0.5) is 0 Å². The molecule has 0 saturated carbocycles. The molecule has 0 radical (unpaired) electrons. The largest absolute Gasteiger partial charge is 0.487 e. The Balaban J connectivity index is 2.14. The van der Waals surface area contributed by atoms with Crippen molar-refractivity contribution in [1.29, 1.82) is 0 Å². The molecule has 158 valence electrons. The predicted octanol–water partition coefficient (Wildman–Crippen LogP) is 2.68. The smallest absolute Gasteiger partial charge is 0.247 e. The first kappa shape index (κ1) is 21.8. The van der Waals surface area contributed by atoms with Gasteiger partial charge in [-0.2, -0.15) is 4.31 Å². The summed E-state index contributed by atoms with van der Waals surface area (Å²) in [4.78, 5) is 2.19. The zero-order valence-corrected chi connectivity index (χ0v) is 18.3. The van der Waals surface area contributed by atoms with E-state index in [1.807, 2.05) is 68.4 Å². The maximum atomic E-state index is 13.4. The summed E-state index contributed by atoms with van der Waals surface area (Å²) in [6.07, 6.45) is -0.182. The van der Waals surface area contributed by atoms with Crippen molar-refractivity contribution >= 4 is 10.0 Å². The molecule has 1 aliphatic heterocycles. The molecule has 1 aliphatic rings. The van der Waals surface area contributed by atoms with Crippen molar-refractivity contribution in [2.75, 3.05) is 33.8 Å². The lowest BCUT2D eigenvalue weighted by Gasteiger charge is -2.37. The summed E-state index contributed by atoms with van der Waals surface area (Å²) in [5.41, 5.74) is 1.90. The van der Waals surface area contributed by atoms with Crippen LogP contribution >= 0.6 is 0 Å². The molecule has 3 atom stereocenters. The third kappa shape index (κ3) is 4.64. The average molecular weight is 419 g/mol. The van der Waals surface area contributed by atoms with Gasteiger partial charge in [-0.25, -0.2) is 8.42 Å². The van der Waals surface area contributed by atoms with E-state index < -0.39 is 16.1 Å². The number of rotatable bonds is 5. The topological polar surface area (TPSA) is 70.1 Å². The van der Waals surface area contributed by atoms with E-state index in [0.29, 0.717) is 18.8 Å². The Kier molecular flexibility index (Phi) is 6.63. The fourth-order valence-electron chi connectivity index (χ4n) is 3.61. The molecule has 0 bridgehead atoms. The van der Waals surface area contributed by atoms with Crippen LogP contribution in [0.5, 0.6) is 5.75 Å². The highest BCUT2D eigenvalue weighted by Crippen LogP contribution is 2.36. The number of fused-ring (bicyclic) bond motifs is 1. The van der Waals surface area contributed by atoms with Gasteiger partial charge in [0, 0.05) is 25.0 Å². The third-order valence-corrected chi connectivity index (χ3v) is 7.34. The molecule has 0 aliphatic carbocycles. The Morgan fingerprint density at radius 2 is 1.86 bits per heavy atom. The van der Waals surface area contributed by atoms with Gasteiger partial charge in [-0.3, -0.25) is 0 Å². The number of aliphatic hydroxyl groups excluding tert-OH is 1. The molecule has 1 N–H and O–H groups in total. The van der Waals surface area contributed by atoms with Crippen molar-refractivity contribution in [2.24, 2.45) is 5.92 Å². The second kappa shape index (κ2) is 8.83. The van der Waals surface area contributed by atoms with Crippen molar-refractivity contribution in [3.05, 3.63) is 48.5 Å². The number of benzene rings is 2. The van der Waals surface area contributed by atoms with Gasteiger partial charge in [-0.15, -0.1) is 0 Å². The average Bonchev–Trinajstić information content (AvgIpc) is 2.70. The van der Waals surface area contributed by atoms with Gasteiger partial charge in [0.25, 0.3) is 0 Å². The minimum absolute atomic E-state index is 0.0466. The molecule has 0 amide bonds. The lowest BCUT2D eigenvalue weighted by atomic mass is 10.0. The van der Waals surface area contributed by atoms with Gasteiger partial charge in [0.15, 0.2) is 0 Å². The first-order valence-electron chi connectivity index (χ1n) is 9.87. The van der Waals surface area contributed by atoms with Crippen LogP contribution in [-0.2, 0) is 10.0 Å². The molecule has 3 rings (SSSR count). The van der Waals surface area contributed by atoms with Crippen molar-refractivity contribution in [1.82, 2.24) is 9.21 Å². The SMILES string of the molecule is C[C@@H]1CN([C@H](C)CO)S(=O)(=O)c2ccc(-c3ccccc3)cc2O[C@@H]1CN(C)C. The molecule has 7 heteroatoms. The molecule has 0 spiro atoms. The summed E-state index contributed by atoms with van der Waals surface area (Å²) in [5, 5.41) is 9.67. The zero-order chi connectivity index (χ0) is 21.2. The van der Waals surface area contributed by atoms with Crippen LogP contribution in [0.1, 0.15) is 13.8 Å². The molecule has 0 unspecified atom stereocenters. The molecule has 6 nitrogen and oxygen atoms in total. The van der Waals surface area contributed by atoms with E-state index in [4.69, 9.17) is 4.74 Å². The molecule has 1 heterocycles. The van der Waals surface area contributed by atoms with Crippen LogP contribution in [0.3, 0.4) is 0 Å². The number of ether oxygens (including phenoxy) is 1. The lowest BCUT2D eigenvalue weighted by Crippen LogP contribution is -2.49. The van der Waals surface area contributed by atoms with Gasteiger partial charge in [0.05, 0.1) is 6.61 Å². The summed E-state index contributed by atoms with van der Waals surface area (Å²) in [6, 6.07) is 14.5. The van der Waals surface area contributed by atoms with Gasteiger partial charge in [0.1, 0.15) is 16.7 Å². The molecule has 29 heavy (non-hydrogen) atoms. The van der Waals surface area contributed by atoms with Crippen LogP contribution in [0.15, 0.2) is 53.4 Å². The quantitative estimate of drug-likeness (QED) is 0.809.